The second kappa shape index (κ2) is 4.89. The maximum atomic E-state index is 12.7. The molecule has 1 aliphatic carbocycles. The molecule has 2 rings (SSSR count). The predicted octanol–water partition coefficient (Wildman–Crippen LogP) is 4.66. The van der Waals surface area contributed by atoms with Crippen LogP contribution in [0.15, 0.2) is 24.3 Å². The molecule has 1 aliphatic rings. The number of alkyl halides is 4. The third kappa shape index (κ3) is 3.38. The van der Waals surface area contributed by atoms with E-state index in [2.05, 4.69) is 0 Å². The van der Waals surface area contributed by atoms with Crippen molar-refractivity contribution in [1.29, 1.82) is 0 Å². The first-order valence-electron chi connectivity index (χ1n) is 5.77. The van der Waals surface area contributed by atoms with E-state index in [9.17, 15) is 13.2 Å². The zero-order chi connectivity index (χ0) is 12.5. The third-order valence-corrected chi connectivity index (χ3v) is 3.72. The molecule has 17 heavy (non-hydrogen) atoms. The van der Waals surface area contributed by atoms with Crippen LogP contribution in [-0.4, -0.2) is 5.38 Å². The van der Waals surface area contributed by atoms with Crippen LogP contribution in [0.3, 0.4) is 0 Å². The normalized spacial score (nSPS) is 18.1. The van der Waals surface area contributed by atoms with Crippen LogP contribution in [0.5, 0.6) is 0 Å². The summed E-state index contributed by atoms with van der Waals surface area (Å²) in [5, 5.41) is 0.0243. The van der Waals surface area contributed by atoms with Gasteiger partial charge in [0.1, 0.15) is 0 Å². The maximum Gasteiger partial charge on any atom is 0.416 e. The minimum Gasteiger partial charge on any atom is -0.166 e. The van der Waals surface area contributed by atoms with E-state index in [0.717, 1.165) is 18.9 Å². The van der Waals surface area contributed by atoms with Gasteiger partial charge in [-0.1, -0.05) is 18.2 Å². The van der Waals surface area contributed by atoms with E-state index < -0.39 is 11.7 Å². The Labute approximate surface area is 104 Å². The monoisotopic (exact) mass is 262 g/mol. The molecule has 1 unspecified atom stereocenters. The highest BCUT2D eigenvalue weighted by Gasteiger charge is 2.34. The van der Waals surface area contributed by atoms with E-state index in [1.54, 1.807) is 12.1 Å². The second-order valence-corrected chi connectivity index (χ2v) is 5.11. The molecule has 0 nitrogen and oxygen atoms in total. The molecule has 0 spiro atoms. The molecule has 1 saturated carbocycles. The van der Waals surface area contributed by atoms with Crippen molar-refractivity contribution in [2.75, 3.05) is 0 Å². The first-order chi connectivity index (χ1) is 7.98. The Kier molecular flexibility index (Phi) is 3.67. The molecule has 0 amide bonds. The van der Waals surface area contributed by atoms with Crippen molar-refractivity contribution >= 4 is 11.6 Å². The Morgan fingerprint density at radius 2 is 1.88 bits per heavy atom. The van der Waals surface area contributed by atoms with Crippen molar-refractivity contribution in [3.8, 4) is 0 Å². The maximum absolute atomic E-state index is 12.7. The van der Waals surface area contributed by atoms with Crippen LogP contribution in [0.25, 0.3) is 0 Å². The molecule has 0 radical (unpaired) electrons. The molecule has 1 atom stereocenters. The van der Waals surface area contributed by atoms with Crippen molar-refractivity contribution in [3.63, 3.8) is 0 Å². The van der Waals surface area contributed by atoms with Crippen molar-refractivity contribution < 1.29 is 13.2 Å². The summed E-state index contributed by atoms with van der Waals surface area (Å²) in [5.74, 6) is 0.523. The fourth-order valence-electron chi connectivity index (χ4n) is 2.00. The summed E-state index contributed by atoms with van der Waals surface area (Å²) in [4.78, 5) is 0. The van der Waals surface area contributed by atoms with Crippen molar-refractivity contribution in [2.45, 2.75) is 37.2 Å². The fraction of sp³-hybridized carbons (Fsp3) is 0.538. The van der Waals surface area contributed by atoms with Gasteiger partial charge in [0.2, 0.25) is 0 Å². The molecule has 4 heteroatoms. The number of halogens is 4. The molecule has 0 N–H and O–H groups in total. The molecule has 94 valence electrons. The molecule has 1 fully saturated rings. The number of hydrogen-bond donors (Lipinski definition) is 0. The molecule has 0 aliphatic heterocycles. The molecule has 0 bridgehead atoms. The van der Waals surface area contributed by atoms with Gasteiger partial charge in [0.05, 0.1) is 5.56 Å². The molecule has 1 aromatic carbocycles. The number of rotatable bonds is 4. The van der Waals surface area contributed by atoms with Crippen LogP contribution < -0.4 is 0 Å². The number of benzene rings is 1. The molecular formula is C13H14ClF3. The topological polar surface area (TPSA) is 0 Å². The summed E-state index contributed by atoms with van der Waals surface area (Å²) in [6.45, 7) is 0. The van der Waals surface area contributed by atoms with Gasteiger partial charge in [0.25, 0.3) is 0 Å². The van der Waals surface area contributed by atoms with Crippen molar-refractivity contribution in [2.24, 2.45) is 5.92 Å². The number of aryl methyl sites for hydroxylation is 1. The van der Waals surface area contributed by atoms with Gasteiger partial charge >= 0.3 is 6.18 Å². The molecule has 0 aromatic heterocycles. The summed E-state index contributed by atoms with van der Waals surface area (Å²) in [6.07, 6.45) is -0.998. The van der Waals surface area contributed by atoms with Crippen LogP contribution >= 0.6 is 11.6 Å². The lowest BCUT2D eigenvalue weighted by Crippen LogP contribution is -2.11. The predicted molar refractivity (Wildman–Crippen MR) is 62.1 cm³/mol. The van der Waals surface area contributed by atoms with E-state index in [4.69, 9.17) is 11.6 Å². The lowest BCUT2D eigenvalue weighted by molar-refractivity contribution is -0.138. The number of hydrogen-bond acceptors (Lipinski definition) is 0. The van der Waals surface area contributed by atoms with E-state index in [-0.39, 0.29) is 5.38 Å². The largest absolute Gasteiger partial charge is 0.416 e. The quantitative estimate of drug-likeness (QED) is 0.693. The SMILES string of the molecule is FC(F)(F)c1ccccc1CCC(Cl)C1CC1. The molecular weight excluding hydrogens is 249 g/mol. The highest BCUT2D eigenvalue weighted by atomic mass is 35.5. The van der Waals surface area contributed by atoms with Crippen LogP contribution in [0, 0.1) is 5.92 Å². The van der Waals surface area contributed by atoms with Crippen LogP contribution in [0.2, 0.25) is 0 Å². The summed E-state index contributed by atoms with van der Waals surface area (Å²) < 4.78 is 38.1. The highest BCUT2D eigenvalue weighted by Crippen LogP contribution is 2.38. The highest BCUT2D eigenvalue weighted by molar-refractivity contribution is 6.20. The minimum absolute atomic E-state index is 0.0243. The summed E-state index contributed by atoms with van der Waals surface area (Å²) in [7, 11) is 0. The van der Waals surface area contributed by atoms with E-state index in [1.807, 2.05) is 0 Å². The smallest absolute Gasteiger partial charge is 0.166 e. The van der Waals surface area contributed by atoms with E-state index in [1.165, 1.54) is 6.07 Å². The van der Waals surface area contributed by atoms with E-state index >= 15 is 0 Å². The average Bonchev–Trinajstić information content (AvgIpc) is 3.08. The molecule has 1 aromatic rings. The average molecular weight is 263 g/mol. The zero-order valence-electron chi connectivity index (χ0n) is 9.30. The Balaban J connectivity index is 2.04. The van der Waals surface area contributed by atoms with Gasteiger partial charge in [0.15, 0.2) is 0 Å². The van der Waals surface area contributed by atoms with Gasteiger partial charge in [-0.15, -0.1) is 11.6 Å². The summed E-state index contributed by atoms with van der Waals surface area (Å²) in [6, 6.07) is 5.74. The molecule has 0 heterocycles. The summed E-state index contributed by atoms with van der Waals surface area (Å²) in [5.41, 5.74) is -0.175. The third-order valence-electron chi connectivity index (χ3n) is 3.15. The minimum atomic E-state index is -4.27. The van der Waals surface area contributed by atoms with Gasteiger partial charge in [-0.25, -0.2) is 0 Å². The van der Waals surface area contributed by atoms with Gasteiger partial charge in [-0.3, -0.25) is 0 Å². The van der Waals surface area contributed by atoms with Gasteiger partial charge in [-0.2, -0.15) is 13.2 Å². The van der Waals surface area contributed by atoms with E-state index in [0.29, 0.717) is 24.3 Å². The van der Waals surface area contributed by atoms with Crippen LogP contribution in [0.1, 0.15) is 30.4 Å². The zero-order valence-corrected chi connectivity index (χ0v) is 10.1. The first-order valence-corrected chi connectivity index (χ1v) is 6.21. The standard InChI is InChI=1S/C13H14ClF3/c14-12(10-5-6-10)8-7-9-3-1-2-4-11(9)13(15,16)17/h1-4,10,12H,5-8H2. The van der Waals surface area contributed by atoms with Crippen LogP contribution in [0.4, 0.5) is 13.2 Å². The van der Waals surface area contributed by atoms with Gasteiger partial charge in [-0.05, 0) is 43.2 Å². The fourth-order valence-corrected chi connectivity index (χ4v) is 2.36. The van der Waals surface area contributed by atoms with Gasteiger partial charge < -0.3 is 0 Å². The van der Waals surface area contributed by atoms with Gasteiger partial charge in [0, 0.05) is 5.38 Å². The van der Waals surface area contributed by atoms with Crippen molar-refractivity contribution in [1.82, 2.24) is 0 Å². The Hall–Kier alpha value is -0.700. The Morgan fingerprint density at radius 1 is 1.24 bits per heavy atom. The van der Waals surface area contributed by atoms with Crippen molar-refractivity contribution in [3.05, 3.63) is 35.4 Å². The Morgan fingerprint density at radius 3 is 2.47 bits per heavy atom. The van der Waals surface area contributed by atoms with Crippen LogP contribution in [-0.2, 0) is 12.6 Å². The lowest BCUT2D eigenvalue weighted by atomic mass is 10.0. The second-order valence-electron chi connectivity index (χ2n) is 4.55. The first kappa shape index (κ1) is 12.7. The molecule has 0 saturated heterocycles. The summed E-state index contributed by atoms with van der Waals surface area (Å²) >= 11 is 6.11. The Bertz CT molecular complexity index is 382. The lowest BCUT2D eigenvalue weighted by Gasteiger charge is -2.14.